The number of rotatable bonds is 4. The molecule has 0 spiro atoms. The van der Waals surface area contributed by atoms with Crippen LogP contribution in [0.2, 0.25) is 0 Å². The van der Waals surface area contributed by atoms with Crippen LogP contribution in [-0.4, -0.2) is 17.2 Å². The van der Waals surface area contributed by atoms with Gasteiger partial charge in [0.1, 0.15) is 9.91 Å². The minimum atomic E-state index is 0.0255. The highest BCUT2D eigenvalue weighted by molar-refractivity contribution is 7.04. The quantitative estimate of drug-likeness (QED) is 0.688. The van der Waals surface area contributed by atoms with Crippen LogP contribution in [0.5, 0.6) is 0 Å². The Morgan fingerprint density at radius 2 is 1.91 bits per heavy atom. The molecule has 0 bridgehead atoms. The standard InChI is InChI=1S/C4H4B2Cl4N/c7-9-5-6(10-8)11-3-1-2-4-11/h1-4H/q+1. The van der Waals surface area contributed by atoms with Crippen molar-refractivity contribution in [2.24, 2.45) is 0 Å². The number of nitrogens with zero attached hydrogens (tertiary/aromatic N) is 1. The van der Waals surface area contributed by atoms with Crippen molar-refractivity contribution < 1.29 is 19.8 Å². The molecule has 0 saturated carbocycles. The molecular formula is C4H4B2Cl4N+. The van der Waals surface area contributed by atoms with Gasteiger partial charge in [-0.05, 0) is 24.5 Å². The van der Waals surface area contributed by atoms with E-state index in [0.717, 1.165) is 0 Å². The van der Waals surface area contributed by atoms with Crippen molar-refractivity contribution in [1.29, 1.82) is 0 Å². The van der Waals surface area contributed by atoms with Crippen LogP contribution in [0.15, 0.2) is 24.5 Å². The summed E-state index contributed by atoms with van der Waals surface area (Å²) in [7, 11) is 14.2. The summed E-state index contributed by atoms with van der Waals surface area (Å²) in [6.07, 6.45) is 3.88. The van der Waals surface area contributed by atoms with E-state index in [4.69, 9.17) is 21.7 Å². The van der Waals surface area contributed by atoms with E-state index in [0.29, 0.717) is 0 Å². The molecule has 1 aromatic heterocycles. The molecule has 2 radical (unpaired) electrons. The monoisotopic (exact) mass is 228 g/mol. The summed E-state index contributed by atoms with van der Waals surface area (Å²) < 4.78 is 1.94. The molecular weight excluding hydrogens is 225 g/mol. The van der Waals surface area contributed by atoms with Gasteiger partial charge in [-0.2, -0.15) is 0 Å². The Balaban J connectivity index is 2.56. The molecule has 1 aromatic rings. The first-order valence-corrected chi connectivity index (χ1v) is 5.99. The van der Waals surface area contributed by atoms with E-state index < -0.39 is 0 Å². The molecule has 0 amide bonds. The van der Waals surface area contributed by atoms with E-state index >= 15 is 0 Å². The van der Waals surface area contributed by atoms with Gasteiger partial charge in [0.05, 0.1) is 0 Å². The van der Waals surface area contributed by atoms with E-state index in [1.807, 2.05) is 29.0 Å². The van der Waals surface area contributed by atoms with Crippen molar-refractivity contribution in [3.8, 4) is 0 Å². The predicted molar refractivity (Wildman–Crippen MR) is 43.0 cm³/mol. The van der Waals surface area contributed by atoms with Gasteiger partial charge in [-0.1, -0.05) is 9.91 Å². The SMILES string of the molecule is Cl[Cl+][B-]B([Cl+]Cl)n1cccc1. The van der Waals surface area contributed by atoms with Gasteiger partial charge in [0.2, 0.25) is 17.4 Å². The van der Waals surface area contributed by atoms with E-state index in [-0.39, 0.29) is 6.15 Å². The Kier molecular flexibility index (Phi) is 4.61. The molecule has 0 fully saturated rings. The van der Waals surface area contributed by atoms with Crippen LogP contribution >= 0.6 is 21.7 Å². The molecule has 11 heavy (non-hydrogen) atoms. The van der Waals surface area contributed by atoms with E-state index in [1.54, 1.807) is 26.4 Å². The Hall–Kier alpha value is 0.570. The van der Waals surface area contributed by atoms with Gasteiger partial charge in [-0.15, -0.1) is 0 Å². The second-order valence-electron chi connectivity index (χ2n) is 1.79. The van der Waals surface area contributed by atoms with Crippen LogP contribution in [0.25, 0.3) is 0 Å². The maximum atomic E-state index is 5.57. The van der Waals surface area contributed by atoms with Gasteiger partial charge < -0.3 is 4.48 Å². The molecule has 0 aromatic carbocycles. The van der Waals surface area contributed by atoms with E-state index in [2.05, 4.69) is 0 Å². The Morgan fingerprint density at radius 3 is 2.36 bits per heavy atom. The fourth-order valence-electron chi connectivity index (χ4n) is 0.677. The highest BCUT2D eigenvalue weighted by atomic mass is 36.5. The fraction of sp³-hybridized carbons (Fsp3) is 0. The van der Waals surface area contributed by atoms with Gasteiger partial charge in [0.15, 0.2) is 10.9 Å². The molecule has 1 nitrogen and oxygen atoms in total. The highest BCUT2D eigenvalue weighted by Crippen LogP contribution is 1.99. The Bertz CT molecular complexity index is 192. The molecule has 0 aliphatic rings. The van der Waals surface area contributed by atoms with Crippen LogP contribution in [0, 0.1) is 19.8 Å². The molecule has 0 unspecified atom stereocenters. The van der Waals surface area contributed by atoms with Crippen LogP contribution in [-0.2, 0) is 0 Å². The average molecular weight is 230 g/mol. The zero-order valence-electron chi connectivity index (χ0n) is 5.42. The molecule has 7 heteroatoms. The van der Waals surface area contributed by atoms with Crippen molar-refractivity contribution in [2.75, 3.05) is 0 Å². The number of aromatic nitrogens is 1. The highest BCUT2D eigenvalue weighted by Gasteiger charge is 2.27. The lowest BCUT2D eigenvalue weighted by Crippen LogP contribution is -2.31. The first-order chi connectivity index (χ1) is 5.38. The fourth-order valence-corrected chi connectivity index (χ4v) is 2.38. The van der Waals surface area contributed by atoms with Gasteiger partial charge in [-0.25, -0.2) is 0 Å². The van der Waals surface area contributed by atoms with Crippen LogP contribution < -0.4 is 0 Å². The van der Waals surface area contributed by atoms with E-state index in [1.165, 1.54) is 0 Å². The summed E-state index contributed by atoms with van der Waals surface area (Å²) >= 11 is 0. The van der Waals surface area contributed by atoms with Crippen LogP contribution in [0.4, 0.5) is 0 Å². The molecule has 0 aliphatic carbocycles. The molecule has 58 valence electrons. The lowest BCUT2D eigenvalue weighted by molar-refractivity contribution is -0.366. The lowest BCUT2D eigenvalue weighted by Gasteiger charge is -1.98. The Labute approximate surface area is 83.2 Å². The second kappa shape index (κ2) is 5.26. The summed E-state index contributed by atoms with van der Waals surface area (Å²) in [6.45, 7) is 1.78. The zero-order chi connectivity index (χ0) is 8.10. The van der Waals surface area contributed by atoms with Gasteiger partial charge in [0.25, 0.3) is 0 Å². The summed E-state index contributed by atoms with van der Waals surface area (Å²) in [6, 6.07) is 3.87. The van der Waals surface area contributed by atoms with E-state index in [9.17, 15) is 0 Å². The van der Waals surface area contributed by atoms with Gasteiger partial charge in [0, 0.05) is 0 Å². The number of halogens is 4. The van der Waals surface area contributed by atoms with Gasteiger partial charge in [-0.3, -0.25) is 0 Å². The predicted octanol–water partition coefficient (Wildman–Crippen LogP) is 1.42. The summed E-state index contributed by atoms with van der Waals surface area (Å²) in [5.41, 5.74) is 0. The number of hydrogen-bond donors (Lipinski definition) is 0. The maximum absolute atomic E-state index is 5.57. The third-order valence-corrected chi connectivity index (χ3v) is 2.92. The minimum Gasteiger partial charge on any atom is -0.369 e. The summed E-state index contributed by atoms with van der Waals surface area (Å²) in [4.78, 5) is 0. The third kappa shape index (κ3) is 2.83. The molecule has 0 saturated heterocycles. The first kappa shape index (κ1) is 9.66. The van der Waals surface area contributed by atoms with Crippen LogP contribution in [0.1, 0.15) is 0 Å². The molecule has 1 heterocycles. The minimum absolute atomic E-state index is 0.0255. The lowest BCUT2D eigenvalue weighted by atomic mass is 9.63. The third-order valence-electron chi connectivity index (χ3n) is 1.15. The van der Waals surface area contributed by atoms with Crippen molar-refractivity contribution in [2.45, 2.75) is 0 Å². The average Bonchev–Trinajstić information content (AvgIpc) is 2.52. The number of hydrogen-bond acceptors (Lipinski definition) is 0. The second-order valence-corrected chi connectivity index (χ2v) is 3.81. The maximum Gasteiger partial charge on any atom is 0.473 e. The molecule has 1 rings (SSSR count). The Morgan fingerprint density at radius 1 is 1.27 bits per heavy atom. The summed E-state index contributed by atoms with van der Waals surface area (Å²) in [5.74, 6) is 0. The molecule has 0 atom stereocenters. The van der Waals surface area contributed by atoms with Crippen molar-refractivity contribution in [3.63, 3.8) is 0 Å². The van der Waals surface area contributed by atoms with Gasteiger partial charge >= 0.3 is 6.15 Å². The topological polar surface area (TPSA) is 4.93 Å². The van der Waals surface area contributed by atoms with Crippen molar-refractivity contribution >= 4 is 34.4 Å². The summed E-state index contributed by atoms with van der Waals surface area (Å²) in [5, 5.41) is 0. The first-order valence-electron chi connectivity index (χ1n) is 2.83. The van der Waals surface area contributed by atoms with Crippen molar-refractivity contribution in [1.82, 2.24) is 4.48 Å². The smallest absolute Gasteiger partial charge is 0.369 e. The molecule has 0 N–H and O–H groups in total. The molecule has 0 aliphatic heterocycles. The zero-order valence-corrected chi connectivity index (χ0v) is 8.45. The normalized spacial score (nSPS) is 10.0. The van der Waals surface area contributed by atoms with Crippen LogP contribution in [0.3, 0.4) is 0 Å². The van der Waals surface area contributed by atoms with Crippen molar-refractivity contribution in [3.05, 3.63) is 24.5 Å². The largest absolute Gasteiger partial charge is 0.473 e.